The number of nitrogens with zero attached hydrogens (tertiary/aromatic N) is 1. The lowest BCUT2D eigenvalue weighted by molar-refractivity contribution is -0.140. The average molecular weight is 448 g/mol. The van der Waals surface area contributed by atoms with Gasteiger partial charge < -0.3 is 10.4 Å². The lowest BCUT2D eigenvalue weighted by Crippen LogP contribution is -2.42. The van der Waals surface area contributed by atoms with Gasteiger partial charge >= 0.3 is 12.4 Å². The van der Waals surface area contributed by atoms with Crippen LogP contribution in [0.5, 0.6) is 0 Å². The summed E-state index contributed by atoms with van der Waals surface area (Å²) in [5.74, 6) is -1.61. The van der Waals surface area contributed by atoms with Crippen molar-refractivity contribution in [1.82, 2.24) is 0 Å². The Hall–Kier alpha value is -2.71. The standard InChI is InChI=1S/C19H14F6N2O2S/c1-17(29,10-30-15-5-3-2-4-13(15)18(20,21)22)16(28)27-12-7-6-11(9-26)14(8-12)19(23,24)25/h2-8,29H,10H2,1H3,(H,27,28)/t17-/m0/s1. The van der Waals surface area contributed by atoms with Gasteiger partial charge in [-0.05, 0) is 37.3 Å². The molecule has 0 unspecified atom stereocenters. The van der Waals surface area contributed by atoms with Gasteiger partial charge in [-0.2, -0.15) is 31.6 Å². The predicted molar refractivity (Wildman–Crippen MR) is 97.6 cm³/mol. The molecule has 1 amide bonds. The van der Waals surface area contributed by atoms with E-state index in [-0.39, 0.29) is 10.6 Å². The van der Waals surface area contributed by atoms with Crippen molar-refractivity contribution in [2.24, 2.45) is 0 Å². The van der Waals surface area contributed by atoms with Gasteiger partial charge in [-0.3, -0.25) is 4.79 Å². The number of hydrogen-bond acceptors (Lipinski definition) is 4. The number of alkyl halides is 6. The van der Waals surface area contributed by atoms with E-state index >= 15 is 0 Å². The molecule has 1 atom stereocenters. The molecule has 0 heterocycles. The fourth-order valence-corrected chi connectivity index (χ4v) is 3.41. The third kappa shape index (κ3) is 5.67. The summed E-state index contributed by atoms with van der Waals surface area (Å²) in [6.07, 6.45) is -9.47. The van der Waals surface area contributed by atoms with Crippen molar-refractivity contribution >= 4 is 23.4 Å². The molecule has 0 saturated heterocycles. The van der Waals surface area contributed by atoms with E-state index in [1.165, 1.54) is 24.3 Å². The summed E-state index contributed by atoms with van der Waals surface area (Å²) in [5, 5.41) is 21.2. The van der Waals surface area contributed by atoms with Crippen LogP contribution >= 0.6 is 11.8 Å². The molecule has 0 aliphatic rings. The fraction of sp³-hybridized carbons (Fsp3) is 0.263. The van der Waals surface area contributed by atoms with Gasteiger partial charge in [0.05, 0.1) is 22.8 Å². The van der Waals surface area contributed by atoms with Crippen molar-refractivity contribution in [2.75, 3.05) is 11.1 Å². The fourth-order valence-electron chi connectivity index (χ4n) is 2.33. The maximum atomic E-state index is 13.0. The van der Waals surface area contributed by atoms with Gasteiger partial charge in [-0.1, -0.05) is 12.1 Å². The zero-order chi connectivity index (χ0) is 22.7. The van der Waals surface area contributed by atoms with Gasteiger partial charge in [0.2, 0.25) is 0 Å². The number of halogens is 6. The molecular weight excluding hydrogens is 434 g/mol. The Kier molecular flexibility index (Phi) is 6.73. The molecule has 0 bridgehead atoms. The first-order chi connectivity index (χ1) is 13.8. The van der Waals surface area contributed by atoms with Crippen LogP contribution in [0, 0.1) is 11.3 Å². The Morgan fingerprint density at radius 3 is 2.23 bits per heavy atom. The van der Waals surface area contributed by atoms with Crippen molar-refractivity contribution in [1.29, 1.82) is 5.26 Å². The molecule has 4 nitrogen and oxygen atoms in total. The number of thioether (sulfide) groups is 1. The number of hydrogen-bond donors (Lipinski definition) is 2. The molecule has 30 heavy (non-hydrogen) atoms. The number of aliphatic hydroxyl groups is 1. The highest BCUT2D eigenvalue weighted by Gasteiger charge is 2.37. The van der Waals surface area contributed by atoms with Crippen molar-refractivity contribution in [3.05, 3.63) is 59.2 Å². The molecule has 0 saturated carbocycles. The van der Waals surface area contributed by atoms with E-state index in [1.807, 2.05) is 0 Å². The Labute approximate surface area is 171 Å². The zero-order valence-corrected chi connectivity index (χ0v) is 16.0. The van der Waals surface area contributed by atoms with E-state index in [9.17, 15) is 36.2 Å². The molecule has 0 aliphatic carbocycles. The number of amides is 1. The van der Waals surface area contributed by atoms with Crippen LogP contribution in [0.15, 0.2) is 47.4 Å². The minimum Gasteiger partial charge on any atom is -0.379 e. The van der Waals surface area contributed by atoms with Gasteiger partial charge in [-0.25, -0.2) is 0 Å². The highest BCUT2D eigenvalue weighted by atomic mass is 32.2. The Morgan fingerprint density at radius 1 is 1.07 bits per heavy atom. The molecule has 2 aromatic rings. The van der Waals surface area contributed by atoms with Crippen LogP contribution in [0.4, 0.5) is 32.0 Å². The molecule has 0 radical (unpaired) electrons. The van der Waals surface area contributed by atoms with Crippen LogP contribution in [0.3, 0.4) is 0 Å². The molecule has 0 aromatic heterocycles. The molecule has 0 fully saturated rings. The van der Waals surface area contributed by atoms with E-state index < -0.39 is 46.3 Å². The maximum Gasteiger partial charge on any atom is 0.417 e. The molecule has 11 heteroatoms. The van der Waals surface area contributed by atoms with Gasteiger partial charge in [0.1, 0.15) is 5.60 Å². The summed E-state index contributed by atoms with van der Waals surface area (Å²) in [7, 11) is 0. The van der Waals surface area contributed by atoms with Crippen LogP contribution in [-0.4, -0.2) is 22.4 Å². The topological polar surface area (TPSA) is 73.1 Å². The van der Waals surface area contributed by atoms with Crippen LogP contribution in [0.2, 0.25) is 0 Å². The monoisotopic (exact) mass is 448 g/mol. The number of nitrogens with one attached hydrogen (secondary N) is 1. The Morgan fingerprint density at radius 2 is 1.67 bits per heavy atom. The summed E-state index contributed by atoms with van der Waals surface area (Å²) in [5.41, 5.74) is -5.38. The third-order valence-corrected chi connectivity index (χ3v) is 5.27. The molecule has 2 N–H and O–H groups in total. The molecule has 2 rings (SSSR count). The first-order valence-electron chi connectivity index (χ1n) is 8.20. The van der Waals surface area contributed by atoms with Crippen LogP contribution in [-0.2, 0) is 17.1 Å². The number of benzene rings is 2. The second-order valence-electron chi connectivity index (χ2n) is 6.38. The number of carbonyl (C=O) groups is 1. The molecule has 160 valence electrons. The molecular formula is C19H14F6N2O2S. The predicted octanol–water partition coefficient (Wildman–Crippen LogP) is 5.08. The van der Waals surface area contributed by atoms with Crippen LogP contribution in [0.1, 0.15) is 23.6 Å². The summed E-state index contributed by atoms with van der Waals surface area (Å²) in [4.78, 5) is 12.1. The van der Waals surface area contributed by atoms with Gasteiger partial charge in [0.25, 0.3) is 5.91 Å². The smallest absolute Gasteiger partial charge is 0.379 e. The van der Waals surface area contributed by atoms with E-state index in [1.54, 1.807) is 0 Å². The Bertz CT molecular complexity index is 980. The van der Waals surface area contributed by atoms with Crippen molar-refractivity contribution in [2.45, 2.75) is 29.8 Å². The summed E-state index contributed by atoms with van der Waals surface area (Å²) >= 11 is 0.579. The van der Waals surface area contributed by atoms with E-state index in [4.69, 9.17) is 5.26 Å². The summed E-state index contributed by atoms with van der Waals surface area (Å²) < 4.78 is 78.2. The molecule has 0 aliphatic heterocycles. The number of nitriles is 1. The average Bonchev–Trinajstić information content (AvgIpc) is 2.65. The number of carbonyl (C=O) groups excluding carboxylic acids is 1. The number of rotatable bonds is 5. The zero-order valence-electron chi connectivity index (χ0n) is 15.2. The summed E-state index contributed by atoms with van der Waals surface area (Å²) in [6, 6.07) is 8.43. The van der Waals surface area contributed by atoms with Crippen LogP contribution < -0.4 is 5.32 Å². The van der Waals surface area contributed by atoms with E-state index in [0.717, 1.165) is 25.1 Å². The minimum absolute atomic E-state index is 0.212. The highest BCUT2D eigenvalue weighted by molar-refractivity contribution is 7.99. The quantitative estimate of drug-likeness (QED) is 0.495. The Balaban J connectivity index is 2.17. The second kappa shape index (κ2) is 8.57. The first-order valence-corrected chi connectivity index (χ1v) is 9.18. The summed E-state index contributed by atoms with van der Waals surface area (Å²) in [6.45, 7) is 1.03. The highest BCUT2D eigenvalue weighted by Crippen LogP contribution is 2.38. The molecule has 2 aromatic carbocycles. The SMILES string of the molecule is C[C@](O)(CSc1ccccc1C(F)(F)F)C(=O)Nc1ccc(C#N)c(C(F)(F)F)c1. The van der Waals surface area contributed by atoms with E-state index in [0.29, 0.717) is 17.8 Å². The second-order valence-corrected chi connectivity index (χ2v) is 7.40. The molecule has 0 spiro atoms. The normalized spacial score (nSPS) is 14.0. The lowest BCUT2D eigenvalue weighted by Gasteiger charge is -2.23. The van der Waals surface area contributed by atoms with Crippen molar-refractivity contribution in [3.8, 4) is 6.07 Å². The lowest BCUT2D eigenvalue weighted by atomic mass is 10.1. The van der Waals surface area contributed by atoms with Crippen molar-refractivity contribution < 1.29 is 36.2 Å². The number of anilines is 1. The van der Waals surface area contributed by atoms with Gasteiger partial charge in [0, 0.05) is 16.3 Å². The third-order valence-electron chi connectivity index (χ3n) is 3.89. The van der Waals surface area contributed by atoms with E-state index in [2.05, 4.69) is 5.32 Å². The minimum atomic E-state index is -4.84. The largest absolute Gasteiger partial charge is 0.417 e. The van der Waals surface area contributed by atoms with Crippen molar-refractivity contribution in [3.63, 3.8) is 0 Å². The van der Waals surface area contributed by atoms with Gasteiger partial charge in [0.15, 0.2) is 0 Å². The van der Waals surface area contributed by atoms with Crippen LogP contribution in [0.25, 0.3) is 0 Å². The van der Waals surface area contributed by atoms with Gasteiger partial charge in [-0.15, -0.1) is 11.8 Å². The maximum absolute atomic E-state index is 13.0. The first kappa shape index (κ1) is 23.6.